The van der Waals surface area contributed by atoms with Gasteiger partial charge in [-0.2, -0.15) is 5.10 Å². The van der Waals surface area contributed by atoms with Crippen molar-refractivity contribution in [2.24, 2.45) is 0 Å². The number of aromatic nitrogens is 3. The Morgan fingerprint density at radius 2 is 1.95 bits per heavy atom. The molecule has 8 nitrogen and oxygen atoms in total. The molecule has 1 fully saturated rings. The van der Waals surface area contributed by atoms with Crippen molar-refractivity contribution in [3.05, 3.63) is 77.7 Å². The van der Waals surface area contributed by atoms with E-state index < -0.39 is 0 Å². The highest BCUT2D eigenvalue weighted by atomic mass is 32.2. The molecule has 3 heterocycles. The van der Waals surface area contributed by atoms with Gasteiger partial charge in [-0.15, -0.1) is 0 Å². The van der Waals surface area contributed by atoms with E-state index >= 15 is 0 Å². The van der Waals surface area contributed by atoms with Crippen LogP contribution in [0.4, 0.5) is 0 Å². The first kappa shape index (κ1) is 26.0. The van der Waals surface area contributed by atoms with E-state index in [0.717, 1.165) is 70.6 Å². The van der Waals surface area contributed by atoms with Crippen molar-refractivity contribution < 1.29 is 9.53 Å². The van der Waals surface area contributed by atoms with E-state index in [9.17, 15) is 4.79 Å². The summed E-state index contributed by atoms with van der Waals surface area (Å²) in [5, 5.41) is 11.3. The molecule has 2 aromatic carbocycles. The Hall–Kier alpha value is -3.66. The Balaban J connectivity index is 1.19. The Kier molecular flexibility index (Phi) is 8.37. The molecule has 0 radical (unpaired) electrons. The fourth-order valence-electron chi connectivity index (χ4n) is 4.32. The number of aromatic amines is 1. The van der Waals surface area contributed by atoms with E-state index in [-0.39, 0.29) is 5.91 Å². The lowest BCUT2D eigenvalue weighted by Crippen LogP contribution is -2.45. The lowest BCUT2D eigenvalue weighted by Gasteiger charge is -2.32. The highest BCUT2D eigenvalue weighted by Crippen LogP contribution is 2.32. The van der Waals surface area contributed by atoms with Gasteiger partial charge in [-0.3, -0.25) is 19.8 Å². The molecule has 2 N–H and O–H groups in total. The highest BCUT2D eigenvalue weighted by molar-refractivity contribution is 7.99. The minimum atomic E-state index is -0.0954. The topological polar surface area (TPSA) is 86.4 Å². The van der Waals surface area contributed by atoms with Crippen LogP contribution in [0.2, 0.25) is 0 Å². The number of carbonyl (C=O) groups is 1. The maximum absolute atomic E-state index is 12.2. The SMILES string of the molecule is CNC(=O)c1ccccc1Sc1ccc2c(/C=C/c3ccc(OCCN4CCN(C)CC4)cn3)n[nH]c2c1. The second-order valence-electron chi connectivity index (χ2n) is 9.24. The molecule has 0 unspecified atom stereocenters. The van der Waals surface area contributed by atoms with Crippen LogP contribution < -0.4 is 10.1 Å². The molecule has 0 atom stereocenters. The first-order valence-corrected chi connectivity index (χ1v) is 13.6. The summed E-state index contributed by atoms with van der Waals surface area (Å²) in [7, 11) is 3.81. The van der Waals surface area contributed by atoms with Gasteiger partial charge in [-0.1, -0.05) is 23.9 Å². The van der Waals surface area contributed by atoms with Crippen molar-refractivity contribution in [1.29, 1.82) is 0 Å². The number of likely N-dealkylation sites (N-methyl/N-ethyl adjacent to an activating group) is 1. The largest absolute Gasteiger partial charge is 0.491 e. The molecule has 1 saturated heterocycles. The van der Waals surface area contributed by atoms with Crippen LogP contribution >= 0.6 is 11.8 Å². The number of pyridine rings is 1. The van der Waals surface area contributed by atoms with Gasteiger partial charge in [0.2, 0.25) is 0 Å². The normalized spacial score (nSPS) is 14.8. The predicted molar refractivity (Wildman–Crippen MR) is 153 cm³/mol. The lowest BCUT2D eigenvalue weighted by molar-refractivity contribution is 0.0960. The standard InChI is InChI=1S/C29H32N6O2S/c1-30-29(36)25-5-3-4-6-28(25)38-23-10-11-24-26(32-33-27(24)19-23)12-8-21-7-9-22(20-31-21)37-18-17-35-15-13-34(2)14-16-35/h3-12,19-20H,13-18H2,1-2H3,(H,30,36)(H,32,33)/b12-8+. The molecule has 2 aromatic heterocycles. The van der Waals surface area contributed by atoms with Crippen LogP contribution in [0.1, 0.15) is 21.7 Å². The number of hydrogen-bond acceptors (Lipinski definition) is 7. The maximum Gasteiger partial charge on any atom is 0.252 e. The van der Waals surface area contributed by atoms with Crippen molar-refractivity contribution in [2.45, 2.75) is 9.79 Å². The van der Waals surface area contributed by atoms with Gasteiger partial charge in [-0.25, -0.2) is 0 Å². The maximum atomic E-state index is 12.2. The van der Waals surface area contributed by atoms with Crippen LogP contribution in [-0.4, -0.2) is 84.3 Å². The number of ether oxygens (including phenoxy) is 1. The van der Waals surface area contributed by atoms with Crippen molar-refractivity contribution in [2.75, 3.05) is 53.4 Å². The van der Waals surface area contributed by atoms with Crippen LogP contribution in [0.25, 0.3) is 23.1 Å². The van der Waals surface area contributed by atoms with Gasteiger partial charge < -0.3 is 15.0 Å². The zero-order chi connectivity index (χ0) is 26.3. The summed E-state index contributed by atoms with van der Waals surface area (Å²) in [4.78, 5) is 23.4. The van der Waals surface area contributed by atoms with Crippen LogP contribution in [0.15, 0.2) is 70.6 Å². The summed E-state index contributed by atoms with van der Waals surface area (Å²) >= 11 is 1.55. The number of carbonyl (C=O) groups excluding carboxylic acids is 1. The third-order valence-corrected chi connectivity index (χ3v) is 7.66. The van der Waals surface area contributed by atoms with Gasteiger partial charge in [0.25, 0.3) is 5.91 Å². The molecule has 1 amide bonds. The molecule has 0 saturated carbocycles. The number of benzene rings is 2. The third-order valence-electron chi connectivity index (χ3n) is 6.59. The molecule has 1 aliphatic rings. The van der Waals surface area contributed by atoms with Gasteiger partial charge in [0, 0.05) is 54.9 Å². The van der Waals surface area contributed by atoms with E-state index in [0.29, 0.717) is 12.2 Å². The average molecular weight is 529 g/mol. The summed E-state index contributed by atoms with van der Waals surface area (Å²) in [6, 6.07) is 17.7. The average Bonchev–Trinajstić information content (AvgIpc) is 3.35. The molecule has 38 heavy (non-hydrogen) atoms. The van der Waals surface area contributed by atoms with Crippen LogP contribution in [-0.2, 0) is 0 Å². The number of piperazine rings is 1. The van der Waals surface area contributed by atoms with E-state index in [1.807, 2.05) is 60.7 Å². The molecule has 0 aliphatic carbocycles. The van der Waals surface area contributed by atoms with Crippen LogP contribution in [0, 0.1) is 0 Å². The molecule has 0 bridgehead atoms. The Morgan fingerprint density at radius 3 is 2.74 bits per heavy atom. The molecule has 0 spiro atoms. The van der Waals surface area contributed by atoms with E-state index in [4.69, 9.17) is 4.74 Å². The van der Waals surface area contributed by atoms with Crippen molar-refractivity contribution in [3.63, 3.8) is 0 Å². The number of nitrogens with zero attached hydrogens (tertiary/aromatic N) is 4. The highest BCUT2D eigenvalue weighted by Gasteiger charge is 2.14. The molecule has 196 valence electrons. The summed E-state index contributed by atoms with van der Waals surface area (Å²) < 4.78 is 5.90. The van der Waals surface area contributed by atoms with Crippen molar-refractivity contribution >= 4 is 40.7 Å². The second-order valence-corrected chi connectivity index (χ2v) is 10.4. The van der Waals surface area contributed by atoms with Gasteiger partial charge in [0.15, 0.2) is 0 Å². The van der Waals surface area contributed by atoms with Crippen LogP contribution in [0.3, 0.4) is 0 Å². The fraction of sp³-hybridized carbons (Fsp3) is 0.276. The van der Waals surface area contributed by atoms with Gasteiger partial charge in [0.1, 0.15) is 12.4 Å². The third kappa shape index (κ3) is 6.42. The molecule has 1 aliphatic heterocycles. The summed E-state index contributed by atoms with van der Waals surface area (Å²) in [5.41, 5.74) is 3.28. The zero-order valence-electron chi connectivity index (χ0n) is 21.7. The van der Waals surface area contributed by atoms with Crippen molar-refractivity contribution in [3.8, 4) is 5.75 Å². The molecule has 4 aromatic rings. The number of amides is 1. The molecule has 5 rings (SSSR count). The van der Waals surface area contributed by atoms with Gasteiger partial charge >= 0.3 is 0 Å². The quantitative estimate of drug-likeness (QED) is 0.336. The van der Waals surface area contributed by atoms with Gasteiger partial charge in [-0.05, 0) is 61.7 Å². The monoisotopic (exact) mass is 528 g/mol. The van der Waals surface area contributed by atoms with Crippen LogP contribution in [0.5, 0.6) is 5.75 Å². The Labute approximate surface area is 227 Å². The lowest BCUT2D eigenvalue weighted by atomic mass is 10.2. The Morgan fingerprint density at radius 1 is 1.11 bits per heavy atom. The van der Waals surface area contributed by atoms with E-state index in [2.05, 4.69) is 43.4 Å². The zero-order valence-corrected chi connectivity index (χ0v) is 22.5. The number of rotatable bonds is 9. The number of H-pyrrole nitrogens is 1. The van der Waals surface area contributed by atoms with Gasteiger partial charge in [0.05, 0.1) is 28.7 Å². The predicted octanol–water partition coefficient (Wildman–Crippen LogP) is 4.27. The first-order valence-electron chi connectivity index (χ1n) is 12.7. The summed E-state index contributed by atoms with van der Waals surface area (Å²) in [6.07, 6.45) is 5.68. The smallest absolute Gasteiger partial charge is 0.252 e. The second kappa shape index (κ2) is 12.3. The fourth-order valence-corrected chi connectivity index (χ4v) is 5.30. The number of nitrogens with one attached hydrogen (secondary N) is 2. The van der Waals surface area contributed by atoms with Crippen molar-refractivity contribution in [1.82, 2.24) is 30.3 Å². The summed E-state index contributed by atoms with van der Waals surface area (Å²) in [5.74, 6) is 0.687. The minimum absolute atomic E-state index is 0.0954. The minimum Gasteiger partial charge on any atom is -0.491 e. The summed E-state index contributed by atoms with van der Waals surface area (Å²) in [6.45, 7) is 6.01. The number of fused-ring (bicyclic) bond motifs is 1. The van der Waals surface area contributed by atoms with E-state index in [1.165, 1.54) is 0 Å². The first-order chi connectivity index (χ1) is 18.6. The molecule has 9 heteroatoms. The van der Waals surface area contributed by atoms with E-state index in [1.54, 1.807) is 25.0 Å². The molecular formula is C29H32N6O2S. The number of hydrogen-bond donors (Lipinski definition) is 2. The Bertz CT molecular complexity index is 1410. The molecular weight excluding hydrogens is 496 g/mol.